The molecule has 0 fully saturated rings. The minimum atomic E-state index is -1.05. The van der Waals surface area contributed by atoms with E-state index in [1.807, 2.05) is 36.6 Å². The molecule has 5 heteroatoms. The number of carbonyl (C=O) groups is 1. The predicted molar refractivity (Wildman–Crippen MR) is 74.9 cm³/mol. The topological polar surface area (TPSA) is 49.3 Å². The molecule has 0 saturated carbocycles. The highest BCUT2D eigenvalue weighted by Crippen LogP contribution is 2.37. The number of nitrogens with one attached hydrogen (secondary N) is 1. The monoisotopic (exact) mass is 281 g/mol. The number of halogens is 1. The lowest BCUT2D eigenvalue weighted by molar-refractivity contribution is 0.209. The molecule has 94 valence electrons. The highest BCUT2D eigenvalue weighted by atomic mass is 35.5. The van der Waals surface area contributed by atoms with Crippen LogP contribution in [0.5, 0.6) is 0 Å². The lowest BCUT2D eigenvalue weighted by Crippen LogP contribution is -2.09. The van der Waals surface area contributed by atoms with E-state index in [9.17, 15) is 4.79 Å². The van der Waals surface area contributed by atoms with Crippen LogP contribution < -0.4 is 5.32 Å². The molecule has 0 aliphatic carbocycles. The van der Waals surface area contributed by atoms with Crippen LogP contribution in [0.2, 0.25) is 5.02 Å². The molecule has 1 aromatic heterocycles. The SMILES string of the molecule is CC(c1ccccc1Cl)c1sccc1NC(=O)O. The number of benzene rings is 1. The fourth-order valence-corrected chi connectivity index (χ4v) is 3.07. The summed E-state index contributed by atoms with van der Waals surface area (Å²) in [6.07, 6.45) is -1.05. The molecule has 3 nitrogen and oxygen atoms in total. The highest BCUT2D eigenvalue weighted by Gasteiger charge is 2.17. The molecule has 1 atom stereocenters. The Labute approximate surface area is 114 Å². The van der Waals surface area contributed by atoms with Gasteiger partial charge < -0.3 is 5.11 Å². The normalized spacial score (nSPS) is 12.1. The summed E-state index contributed by atoms with van der Waals surface area (Å²) in [5.74, 6) is 0.0561. The molecule has 1 aromatic carbocycles. The lowest BCUT2D eigenvalue weighted by atomic mass is 9.99. The second-order valence-electron chi connectivity index (χ2n) is 3.87. The first-order valence-electron chi connectivity index (χ1n) is 5.41. The minimum absolute atomic E-state index is 0.0561. The third-order valence-electron chi connectivity index (χ3n) is 2.70. The van der Waals surface area contributed by atoms with Gasteiger partial charge >= 0.3 is 6.09 Å². The molecule has 0 aliphatic heterocycles. The van der Waals surface area contributed by atoms with E-state index in [1.54, 1.807) is 6.07 Å². The molecule has 2 N–H and O–H groups in total. The zero-order chi connectivity index (χ0) is 13.1. The van der Waals surface area contributed by atoms with Gasteiger partial charge in [0, 0.05) is 15.8 Å². The maximum Gasteiger partial charge on any atom is 0.409 e. The zero-order valence-corrected chi connectivity index (χ0v) is 11.3. The van der Waals surface area contributed by atoms with E-state index in [1.165, 1.54) is 11.3 Å². The average molecular weight is 282 g/mol. The Kier molecular flexibility index (Phi) is 3.89. The summed E-state index contributed by atoms with van der Waals surface area (Å²) in [6, 6.07) is 9.36. The first kappa shape index (κ1) is 12.9. The van der Waals surface area contributed by atoms with Crippen LogP contribution in [-0.4, -0.2) is 11.2 Å². The Morgan fingerprint density at radius 1 is 1.39 bits per heavy atom. The van der Waals surface area contributed by atoms with E-state index in [2.05, 4.69) is 5.32 Å². The van der Waals surface area contributed by atoms with Crippen molar-refractivity contribution < 1.29 is 9.90 Å². The number of anilines is 1. The van der Waals surface area contributed by atoms with Crippen LogP contribution in [0.25, 0.3) is 0 Å². The standard InChI is InChI=1S/C13H12ClNO2S/c1-8(9-4-2-3-5-10(9)14)12-11(6-7-18-12)15-13(16)17/h2-8,15H,1H3,(H,16,17). The number of rotatable bonds is 3. The van der Waals surface area contributed by atoms with Crippen molar-refractivity contribution in [1.82, 2.24) is 0 Å². The quantitative estimate of drug-likeness (QED) is 0.861. The van der Waals surface area contributed by atoms with Crippen molar-refractivity contribution >= 4 is 34.7 Å². The van der Waals surface area contributed by atoms with Crippen molar-refractivity contribution in [2.75, 3.05) is 5.32 Å². The van der Waals surface area contributed by atoms with Gasteiger partial charge in [-0.1, -0.05) is 36.7 Å². The maximum absolute atomic E-state index is 10.7. The van der Waals surface area contributed by atoms with E-state index in [4.69, 9.17) is 16.7 Å². The smallest absolute Gasteiger partial charge is 0.409 e. The predicted octanol–water partition coefficient (Wildman–Crippen LogP) is 4.64. The molecule has 0 spiro atoms. The van der Waals surface area contributed by atoms with Gasteiger partial charge in [-0.15, -0.1) is 11.3 Å². The van der Waals surface area contributed by atoms with E-state index in [-0.39, 0.29) is 5.92 Å². The Bertz CT molecular complexity index is 568. The molecule has 0 saturated heterocycles. The van der Waals surface area contributed by atoms with Crippen LogP contribution in [-0.2, 0) is 0 Å². The number of amides is 1. The average Bonchev–Trinajstić information content (AvgIpc) is 2.76. The fraction of sp³-hybridized carbons (Fsp3) is 0.154. The summed E-state index contributed by atoms with van der Waals surface area (Å²) >= 11 is 7.68. The van der Waals surface area contributed by atoms with Crippen LogP contribution >= 0.6 is 22.9 Å². The Balaban J connectivity index is 2.35. The van der Waals surface area contributed by atoms with Gasteiger partial charge in [-0.2, -0.15) is 0 Å². The molecular formula is C13H12ClNO2S. The summed E-state index contributed by atoms with van der Waals surface area (Å²) < 4.78 is 0. The van der Waals surface area contributed by atoms with Crippen molar-refractivity contribution in [3.05, 3.63) is 51.2 Å². The molecule has 0 radical (unpaired) electrons. The third kappa shape index (κ3) is 2.66. The van der Waals surface area contributed by atoms with Gasteiger partial charge in [0.15, 0.2) is 0 Å². The van der Waals surface area contributed by atoms with Crippen LogP contribution in [0.3, 0.4) is 0 Å². The minimum Gasteiger partial charge on any atom is -0.465 e. The van der Waals surface area contributed by atoms with Crippen LogP contribution in [0.1, 0.15) is 23.3 Å². The van der Waals surface area contributed by atoms with Crippen LogP contribution in [0.15, 0.2) is 35.7 Å². The van der Waals surface area contributed by atoms with Crippen molar-refractivity contribution in [3.63, 3.8) is 0 Å². The molecule has 1 heterocycles. The molecular weight excluding hydrogens is 270 g/mol. The molecule has 1 unspecified atom stereocenters. The molecule has 2 rings (SSSR count). The van der Waals surface area contributed by atoms with Gasteiger partial charge in [-0.25, -0.2) is 4.79 Å². The molecule has 1 amide bonds. The Morgan fingerprint density at radius 2 is 2.11 bits per heavy atom. The van der Waals surface area contributed by atoms with Crippen LogP contribution in [0, 0.1) is 0 Å². The van der Waals surface area contributed by atoms with Gasteiger partial charge in [-0.05, 0) is 23.1 Å². The van der Waals surface area contributed by atoms with Gasteiger partial charge in [0.2, 0.25) is 0 Å². The van der Waals surface area contributed by atoms with Crippen LogP contribution in [0.4, 0.5) is 10.5 Å². The highest BCUT2D eigenvalue weighted by molar-refractivity contribution is 7.10. The summed E-state index contributed by atoms with van der Waals surface area (Å²) in [7, 11) is 0. The third-order valence-corrected chi connectivity index (χ3v) is 4.15. The largest absolute Gasteiger partial charge is 0.465 e. The Hall–Kier alpha value is -1.52. The molecule has 0 aliphatic rings. The molecule has 18 heavy (non-hydrogen) atoms. The van der Waals surface area contributed by atoms with Crippen molar-refractivity contribution in [2.45, 2.75) is 12.8 Å². The lowest BCUT2D eigenvalue weighted by Gasteiger charge is -2.14. The van der Waals surface area contributed by atoms with Crippen molar-refractivity contribution in [3.8, 4) is 0 Å². The van der Waals surface area contributed by atoms with Gasteiger partial charge in [0.05, 0.1) is 5.69 Å². The van der Waals surface area contributed by atoms with Gasteiger partial charge in [0.1, 0.15) is 0 Å². The second kappa shape index (κ2) is 5.42. The van der Waals surface area contributed by atoms with E-state index in [0.29, 0.717) is 10.7 Å². The summed E-state index contributed by atoms with van der Waals surface area (Å²) in [6.45, 7) is 2.01. The first-order valence-corrected chi connectivity index (χ1v) is 6.67. The number of carboxylic acid groups (broad SMARTS) is 1. The maximum atomic E-state index is 10.7. The number of hydrogen-bond acceptors (Lipinski definition) is 2. The van der Waals surface area contributed by atoms with Crippen molar-refractivity contribution in [2.24, 2.45) is 0 Å². The zero-order valence-electron chi connectivity index (χ0n) is 9.68. The van der Waals surface area contributed by atoms with E-state index in [0.717, 1.165) is 10.4 Å². The molecule has 2 aromatic rings. The Morgan fingerprint density at radius 3 is 2.78 bits per heavy atom. The van der Waals surface area contributed by atoms with E-state index >= 15 is 0 Å². The second-order valence-corrected chi connectivity index (χ2v) is 5.23. The number of thiophene rings is 1. The first-order chi connectivity index (χ1) is 8.59. The van der Waals surface area contributed by atoms with E-state index < -0.39 is 6.09 Å². The summed E-state index contributed by atoms with van der Waals surface area (Å²) in [5.41, 5.74) is 1.62. The summed E-state index contributed by atoms with van der Waals surface area (Å²) in [4.78, 5) is 11.7. The fourth-order valence-electron chi connectivity index (χ4n) is 1.84. The number of hydrogen-bond donors (Lipinski definition) is 2. The van der Waals surface area contributed by atoms with Crippen molar-refractivity contribution in [1.29, 1.82) is 0 Å². The summed E-state index contributed by atoms with van der Waals surface area (Å²) in [5, 5.41) is 13.8. The molecule has 0 bridgehead atoms. The van der Waals surface area contributed by atoms with Gasteiger partial charge in [-0.3, -0.25) is 5.32 Å². The van der Waals surface area contributed by atoms with Gasteiger partial charge in [0.25, 0.3) is 0 Å².